The van der Waals surface area contributed by atoms with Crippen molar-refractivity contribution in [1.82, 2.24) is 0 Å². The summed E-state index contributed by atoms with van der Waals surface area (Å²) in [5.41, 5.74) is 7.57. The van der Waals surface area contributed by atoms with Crippen molar-refractivity contribution in [3.05, 3.63) is 53.1 Å². The molecule has 0 bridgehead atoms. The quantitative estimate of drug-likeness (QED) is 0.419. The topological polar surface area (TPSA) is 0 Å². The molecule has 0 N–H and O–H groups in total. The lowest BCUT2D eigenvalue weighted by atomic mass is 9.81. The highest BCUT2D eigenvalue weighted by molar-refractivity contribution is 7.68. The third-order valence-corrected chi connectivity index (χ3v) is 9.48. The van der Waals surface area contributed by atoms with Gasteiger partial charge in [0.05, 0.1) is 0 Å². The van der Waals surface area contributed by atoms with E-state index in [-0.39, 0.29) is 18.2 Å². The van der Waals surface area contributed by atoms with Crippen LogP contribution < -0.4 is 5.30 Å². The summed E-state index contributed by atoms with van der Waals surface area (Å²) >= 11 is 0. The highest BCUT2D eigenvalue weighted by Crippen LogP contribution is 2.61. The molecule has 0 atom stereocenters. The molecule has 0 radical (unpaired) electrons. The van der Waals surface area contributed by atoms with Crippen molar-refractivity contribution < 1.29 is 0 Å². The Kier molecular flexibility index (Phi) is 7.67. The van der Waals surface area contributed by atoms with Crippen LogP contribution in [-0.2, 0) is 0 Å². The van der Waals surface area contributed by atoms with Gasteiger partial charge in [0, 0.05) is 0 Å². The minimum absolute atomic E-state index is 0.244. The Balaban J connectivity index is 3.14. The SMILES string of the molecule is CC(C)c1cc(C(C)C)c(P(C(C)(C)C)C(C)(C)C)c(C(C)C)c1-c1ccccc1. The van der Waals surface area contributed by atoms with Gasteiger partial charge in [-0.3, -0.25) is 0 Å². The highest BCUT2D eigenvalue weighted by atomic mass is 31.1. The summed E-state index contributed by atoms with van der Waals surface area (Å²) in [5.74, 6) is 1.51. The molecule has 0 aliphatic carbocycles. The van der Waals surface area contributed by atoms with Crippen molar-refractivity contribution in [3.8, 4) is 11.1 Å². The van der Waals surface area contributed by atoms with Crippen molar-refractivity contribution in [1.29, 1.82) is 0 Å². The fraction of sp³-hybridized carbons (Fsp3) is 0.586. The molecule has 2 aromatic rings. The van der Waals surface area contributed by atoms with Crippen LogP contribution in [0.5, 0.6) is 0 Å². The normalized spacial score (nSPS) is 13.2. The molecule has 0 amide bonds. The summed E-state index contributed by atoms with van der Waals surface area (Å²) < 4.78 is 0. The molecule has 0 saturated carbocycles. The van der Waals surface area contributed by atoms with E-state index >= 15 is 0 Å². The lowest BCUT2D eigenvalue weighted by Gasteiger charge is -2.45. The first-order chi connectivity index (χ1) is 13.7. The van der Waals surface area contributed by atoms with E-state index in [4.69, 9.17) is 0 Å². The zero-order valence-corrected chi connectivity index (χ0v) is 22.5. The van der Waals surface area contributed by atoms with E-state index in [0.29, 0.717) is 17.8 Å². The molecule has 0 heterocycles. The zero-order chi connectivity index (χ0) is 23.0. The molecule has 166 valence electrons. The molecule has 0 saturated heterocycles. The van der Waals surface area contributed by atoms with Crippen molar-refractivity contribution >= 4 is 13.2 Å². The van der Waals surface area contributed by atoms with E-state index in [9.17, 15) is 0 Å². The van der Waals surface area contributed by atoms with Gasteiger partial charge in [-0.15, -0.1) is 0 Å². The molecule has 2 rings (SSSR count). The van der Waals surface area contributed by atoms with Gasteiger partial charge in [-0.1, -0.05) is 127 Å². The molecule has 2 aromatic carbocycles. The third-order valence-electron chi connectivity index (χ3n) is 5.85. The Labute approximate surface area is 188 Å². The van der Waals surface area contributed by atoms with Crippen LogP contribution in [0, 0.1) is 0 Å². The average molecular weight is 425 g/mol. The Morgan fingerprint density at radius 3 is 1.47 bits per heavy atom. The largest absolute Gasteiger partial charge is 0.0636 e. The second-order valence-electron chi connectivity index (χ2n) is 11.7. The molecule has 0 aromatic heterocycles. The maximum absolute atomic E-state index is 2.58. The lowest BCUT2D eigenvalue weighted by molar-refractivity contribution is 0.712. The lowest BCUT2D eigenvalue weighted by Crippen LogP contribution is -2.35. The van der Waals surface area contributed by atoms with Crippen molar-refractivity contribution in [2.24, 2.45) is 0 Å². The monoisotopic (exact) mass is 424 g/mol. The summed E-state index contributed by atoms with van der Waals surface area (Å²) in [6, 6.07) is 13.7. The molecular formula is C29H45P. The molecule has 30 heavy (non-hydrogen) atoms. The first-order valence-electron chi connectivity index (χ1n) is 11.7. The van der Waals surface area contributed by atoms with Crippen LogP contribution >= 0.6 is 7.92 Å². The molecule has 0 aliphatic heterocycles. The molecule has 0 fully saturated rings. The van der Waals surface area contributed by atoms with Gasteiger partial charge in [-0.25, -0.2) is 0 Å². The molecule has 0 spiro atoms. The van der Waals surface area contributed by atoms with E-state index in [1.54, 1.807) is 16.4 Å². The van der Waals surface area contributed by atoms with Crippen LogP contribution in [0.1, 0.15) is 118 Å². The second kappa shape index (κ2) is 9.16. The van der Waals surface area contributed by atoms with Crippen LogP contribution in [0.4, 0.5) is 0 Å². The van der Waals surface area contributed by atoms with E-state index in [2.05, 4.69) is 119 Å². The van der Waals surface area contributed by atoms with Gasteiger partial charge in [0.15, 0.2) is 0 Å². The van der Waals surface area contributed by atoms with Gasteiger partial charge >= 0.3 is 0 Å². The zero-order valence-electron chi connectivity index (χ0n) is 21.6. The summed E-state index contributed by atoms with van der Waals surface area (Å²) in [5, 5.41) is 2.17. The van der Waals surface area contributed by atoms with Crippen LogP contribution in [0.25, 0.3) is 11.1 Å². The first-order valence-corrected chi connectivity index (χ1v) is 13.1. The highest BCUT2D eigenvalue weighted by Gasteiger charge is 2.40. The molecule has 0 unspecified atom stereocenters. The van der Waals surface area contributed by atoms with Crippen molar-refractivity contribution in [3.63, 3.8) is 0 Å². The van der Waals surface area contributed by atoms with Gasteiger partial charge < -0.3 is 0 Å². The molecule has 0 nitrogen and oxygen atoms in total. The van der Waals surface area contributed by atoms with E-state index in [1.165, 1.54) is 16.7 Å². The van der Waals surface area contributed by atoms with E-state index < -0.39 is 0 Å². The third kappa shape index (κ3) is 5.19. The Morgan fingerprint density at radius 2 is 1.10 bits per heavy atom. The molecular weight excluding hydrogens is 379 g/mol. The first kappa shape index (κ1) is 25.1. The predicted molar refractivity (Wildman–Crippen MR) is 140 cm³/mol. The van der Waals surface area contributed by atoms with Crippen molar-refractivity contribution in [2.45, 2.75) is 111 Å². The summed E-state index contributed by atoms with van der Waals surface area (Å²) in [6.45, 7) is 29.0. The molecule has 1 heteroatoms. The maximum atomic E-state index is 2.58. The maximum Gasteiger partial charge on any atom is -0.0108 e. The van der Waals surface area contributed by atoms with Gasteiger partial charge in [-0.2, -0.15) is 0 Å². The van der Waals surface area contributed by atoms with Crippen molar-refractivity contribution in [2.75, 3.05) is 0 Å². The summed E-state index contributed by atoms with van der Waals surface area (Å²) in [4.78, 5) is 0. The predicted octanol–water partition coefficient (Wildman–Crippen LogP) is 9.43. The van der Waals surface area contributed by atoms with Crippen LogP contribution in [-0.4, -0.2) is 10.3 Å². The van der Waals surface area contributed by atoms with Gasteiger partial charge in [0.1, 0.15) is 0 Å². The van der Waals surface area contributed by atoms with Gasteiger partial charge in [0.25, 0.3) is 0 Å². The van der Waals surface area contributed by atoms with Crippen LogP contribution in [0.3, 0.4) is 0 Å². The Bertz CT molecular complexity index is 829. The standard InChI is InChI=1S/C29H45P/c1-19(2)23-18-24(20(3)4)27(30(28(7,8)9)29(10,11)12)25(21(5)6)26(23)22-16-14-13-15-17-22/h13-21H,1-12H3. The minimum atomic E-state index is -0.383. The summed E-state index contributed by atoms with van der Waals surface area (Å²) in [7, 11) is -0.383. The fourth-order valence-electron chi connectivity index (χ4n) is 5.05. The average Bonchev–Trinajstić information content (AvgIpc) is 2.58. The molecule has 0 aliphatic rings. The Morgan fingerprint density at radius 1 is 0.633 bits per heavy atom. The van der Waals surface area contributed by atoms with Crippen LogP contribution in [0.15, 0.2) is 36.4 Å². The number of hydrogen-bond acceptors (Lipinski definition) is 0. The Hall–Kier alpha value is -1.13. The number of hydrogen-bond donors (Lipinski definition) is 0. The number of rotatable bonds is 5. The second-order valence-corrected chi connectivity index (χ2v) is 15.5. The number of benzene rings is 2. The van der Waals surface area contributed by atoms with Crippen LogP contribution in [0.2, 0.25) is 0 Å². The summed E-state index contributed by atoms with van der Waals surface area (Å²) in [6.07, 6.45) is 0. The van der Waals surface area contributed by atoms with E-state index in [0.717, 1.165) is 0 Å². The van der Waals surface area contributed by atoms with E-state index in [1.807, 2.05) is 0 Å². The fourth-order valence-corrected chi connectivity index (χ4v) is 9.59. The smallest absolute Gasteiger partial charge is 0.0108 e. The van der Waals surface area contributed by atoms with Gasteiger partial charge in [0.2, 0.25) is 0 Å². The minimum Gasteiger partial charge on any atom is -0.0636 e. The van der Waals surface area contributed by atoms with Gasteiger partial charge in [-0.05, 0) is 61.2 Å².